The number of anilines is 1. The van der Waals surface area contributed by atoms with Gasteiger partial charge >= 0.3 is 6.09 Å². The van der Waals surface area contributed by atoms with Crippen molar-refractivity contribution >= 4 is 34.4 Å². The van der Waals surface area contributed by atoms with Gasteiger partial charge in [-0.05, 0) is 62.1 Å². The fourth-order valence-corrected chi connectivity index (χ4v) is 4.20. The van der Waals surface area contributed by atoms with E-state index in [-0.39, 0.29) is 12.5 Å². The molecule has 0 aliphatic rings. The fourth-order valence-electron chi connectivity index (χ4n) is 4.20. The minimum Gasteiger partial charge on any atom is -0.444 e. The van der Waals surface area contributed by atoms with Crippen LogP contribution in [0.4, 0.5) is 10.5 Å². The van der Waals surface area contributed by atoms with Crippen LogP contribution in [0.3, 0.4) is 0 Å². The van der Waals surface area contributed by atoms with Gasteiger partial charge in [-0.2, -0.15) is 5.26 Å². The van der Waals surface area contributed by atoms with Crippen LogP contribution in [-0.2, 0) is 14.3 Å². The Morgan fingerprint density at radius 3 is 2.21 bits per heavy atom. The number of nitrogens with one attached hydrogen (secondary N) is 2. The number of fused-ring (bicyclic) bond motifs is 1. The van der Waals surface area contributed by atoms with Gasteiger partial charge in [0.05, 0.1) is 6.07 Å². The van der Waals surface area contributed by atoms with Gasteiger partial charge < -0.3 is 20.3 Å². The Kier molecular flexibility index (Phi) is 9.31. The number of carbonyl (C=O) groups excluding carboxylic acids is 3. The zero-order valence-electron chi connectivity index (χ0n) is 23.3. The molecular weight excluding hydrogens is 492 g/mol. The van der Waals surface area contributed by atoms with Crippen molar-refractivity contribution in [3.8, 4) is 6.07 Å². The second-order valence-corrected chi connectivity index (χ2v) is 10.9. The van der Waals surface area contributed by atoms with Gasteiger partial charge in [0.1, 0.15) is 24.2 Å². The summed E-state index contributed by atoms with van der Waals surface area (Å²) in [4.78, 5) is 41.5. The number of hydrogen-bond acceptors (Lipinski definition) is 5. The van der Waals surface area contributed by atoms with Crippen molar-refractivity contribution in [2.45, 2.75) is 59.2 Å². The molecule has 0 aliphatic carbocycles. The van der Waals surface area contributed by atoms with Crippen LogP contribution in [0.5, 0.6) is 0 Å². The van der Waals surface area contributed by atoms with Gasteiger partial charge in [0, 0.05) is 5.69 Å². The topological polar surface area (TPSA) is 112 Å². The second kappa shape index (κ2) is 12.4. The molecule has 2 atom stereocenters. The number of nitriles is 1. The smallest absolute Gasteiger partial charge is 0.408 e. The van der Waals surface area contributed by atoms with Gasteiger partial charge in [-0.15, -0.1) is 0 Å². The summed E-state index contributed by atoms with van der Waals surface area (Å²) in [6.45, 7) is 10.3. The number of alkyl carbamates (subject to hydrolysis) is 1. The van der Waals surface area contributed by atoms with Gasteiger partial charge in [0.2, 0.25) is 5.91 Å². The first-order chi connectivity index (χ1) is 18.4. The maximum absolute atomic E-state index is 13.9. The molecule has 0 fully saturated rings. The van der Waals surface area contributed by atoms with Crippen molar-refractivity contribution in [3.05, 3.63) is 77.9 Å². The third kappa shape index (κ3) is 7.81. The van der Waals surface area contributed by atoms with Crippen molar-refractivity contribution in [2.24, 2.45) is 5.92 Å². The van der Waals surface area contributed by atoms with Crippen LogP contribution >= 0.6 is 0 Å². The van der Waals surface area contributed by atoms with Crippen molar-refractivity contribution in [1.82, 2.24) is 10.2 Å². The molecule has 0 saturated heterocycles. The van der Waals surface area contributed by atoms with E-state index in [1.165, 1.54) is 4.90 Å². The van der Waals surface area contributed by atoms with Gasteiger partial charge in [-0.3, -0.25) is 9.59 Å². The van der Waals surface area contributed by atoms with E-state index in [0.717, 1.165) is 16.3 Å². The molecule has 0 heterocycles. The van der Waals surface area contributed by atoms with Crippen molar-refractivity contribution < 1.29 is 19.1 Å². The first-order valence-corrected chi connectivity index (χ1v) is 12.9. The molecule has 204 valence electrons. The van der Waals surface area contributed by atoms with Crippen LogP contribution in [0.2, 0.25) is 0 Å². The fraction of sp³-hybridized carbons (Fsp3) is 0.355. The van der Waals surface area contributed by atoms with Crippen LogP contribution in [0.15, 0.2) is 66.7 Å². The lowest BCUT2D eigenvalue weighted by Crippen LogP contribution is -2.54. The monoisotopic (exact) mass is 528 g/mol. The van der Waals surface area contributed by atoms with Crippen LogP contribution < -0.4 is 10.6 Å². The van der Waals surface area contributed by atoms with Crippen molar-refractivity contribution in [1.29, 1.82) is 5.26 Å². The average molecular weight is 529 g/mol. The van der Waals surface area contributed by atoms with Gasteiger partial charge in [0.25, 0.3) is 5.91 Å². The quantitative estimate of drug-likeness (QED) is 0.363. The lowest BCUT2D eigenvalue weighted by atomic mass is 9.98. The van der Waals surface area contributed by atoms with E-state index >= 15 is 0 Å². The molecule has 8 nitrogen and oxygen atoms in total. The molecule has 2 N–H and O–H groups in total. The Balaban J connectivity index is 1.99. The summed E-state index contributed by atoms with van der Waals surface area (Å²) >= 11 is 0. The largest absolute Gasteiger partial charge is 0.444 e. The summed E-state index contributed by atoms with van der Waals surface area (Å²) in [5, 5.41) is 17.2. The molecule has 0 aromatic heterocycles. The van der Waals surface area contributed by atoms with Crippen LogP contribution in [0.1, 0.15) is 51.8 Å². The average Bonchev–Trinajstić information content (AvgIpc) is 2.86. The van der Waals surface area contributed by atoms with Crippen molar-refractivity contribution in [2.75, 3.05) is 11.9 Å². The lowest BCUT2D eigenvalue weighted by molar-refractivity contribution is -0.140. The summed E-state index contributed by atoms with van der Waals surface area (Å²) in [7, 11) is 0. The Morgan fingerprint density at radius 1 is 0.974 bits per heavy atom. The Labute approximate surface area is 229 Å². The van der Waals surface area contributed by atoms with Gasteiger partial charge in [0.15, 0.2) is 0 Å². The van der Waals surface area contributed by atoms with E-state index in [1.807, 2.05) is 61.5 Å². The molecule has 3 amide bonds. The third-order valence-corrected chi connectivity index (χ3v) is 6.10. The Bertz CT molecular complexity index is 1370. The molecule has 0 aliphatic heterocycles. The molecule has 3 aromatic carbocycles. The predicted molar refractivity (Wildman–Crippen MR) is 152 cm³/mol. The van der Waals surface area contributed by atoms with Crippen LogP contribution in [-0.4, -0.2) is 41.0 Å². The summed E-state index contributed by atoms with van der Waals surface area (Å²) in [5.41, 5.74) is 1.33. The van der Waals surface area contributed by atoms with Crippen LogP contribution in [0.25, 0.3) is 10.8 Å². The number of amides is 3. The molecule has 8 heteroatoms. The molecule has 0 bridgehead atoms. The van der Waals surface area contributed by atoms with E-state index in [1.54, 1.807) is 52.8 Å². The van der Waals surface area contributed by atoms with E-state index < -0.39 is 35.6 Å². The first kappa shape index (κ1) is 29.2. The summed E-state index contributed by atoms with van der Waals surface area (Å²) < 4.78 is 5.36. The van der Waals surface area contributed by atoms with E-state index in [0.29, 0.717) is 11.3 Å². The zero-order chi connectivity index (χ0) is 28.7. The molecule has 3 aromatic rings. The third-order valence-electron chi connectivity index (χ3n) is 6.10. The molecule has 39 heavy (non-hydrogen) atoms. The summed E-state index contributed by atoms with van der Waals surface area (Å²) in [5.74, 6) is -1.37. The molecule has 0 radical (unpaired) electrons. The molecule has 3 rings (SSSR count). The molecular formula is C31H36N4O4. The minimum atomic E-state index is -1.12. The highest BCUT2D eigenvalue weighted by atomic mass is 16.6. The van der Waals surface area contributed by atoms with Crippen LogP contribution in [0, 0.1) is 24.2 Å². The van der Waals surface area contributed by atoms with Gasteiger partial charge in [-0.25, -0.2) is 4.79 Å². The second-order valence-electron chi connectivity index (χ2n) is 10.9. The number of rotatable bonds is 8. The summed E-state index contributed by atoms with van der Waals surface area (Å²) in [6, 6.07) is 20.5. The SMILES string of the molecule is Cc1ccc(C(C(=O)Nc2ccc3ccccc3c2)N(CC#N)C(=O)C(NC(=O)OC(C)(C)C)C(C)C)cc1. The van der Waals surface area contributed by atoms with Gasteiger partial charge in [-0.1, -0.05) is 74.0 Å². The molecule has 0 saturated carbocycles. The number of nitrogens with zero attached hydrogens (tertiary/aromatic N) is 2. The zero-order valence-corrected chi connectivity index (χ0v) is 23.3. The standard InChI is InChI=1S/C31H36N4O4/c1-20(2)26(34-30(38)39-31(4,5)6)29(37)35(18-17-32)27(23-13-11-21(3)12-14-23)28(36)33-25-16-15-22-9-7-8-10-24(22)19-25/h7-16,19-20,26-27H,18H2,1-6H3,(H,33,36)(H,34,38). The lowest BCUT2D eigenvalue weighted by Gasteiger charge is -2.34. The predicted octanol–water partition coefficient (Wildman–Crippen LogP) is 5.73. The number of carbonyl (C=O) groups is 3. The van der Waals surface area contributed by atoms with E-state index in [9.17, 15) is 19.6 Å². The molecule has 2 unspecified atom stereocenters. The minimum absolute atomic E-state index is 0.339. The van der Waals surface area contributed by atoms with E-state index in [2.05, 4.69) is 10.6 Å². The van der Waals surface area contributed by atoms with Crippen molar-refractivity contribution in [3.63, 3.8) is 0 Å². The number of benzene rings is 3. The number of aryl methyl sites for hydroxylation is 1. The maximum atomic E-state index is 13.9. The highest BCUT2D eigenvalue weighted by Crippen LogP contribution is 2.27. The summed E-state index contributed by atoms with van der Waals surface area (Å²) in [6.07, 6.45) is -0.751. The Morgan fingerprint density at radius 2 is 1.62 bits per heavy atom. The Hall–Kier alpha value is -4.38. The maximum Gasteiger partial charge on any atom is 0.408 e. The number of ether oxygens (including phenoxy) is 1. The van der Waals surface area contributed by atoms with E-state index in [4.69, 9.17) is 4.74 Å². The first-order valence-electron chi connectivity index (χ1n) is 12.9. The number of hydrogen-bond donors (Lipinski definition) is 2. The normalized spacial score (nSPS) is 12.8. The highest BCUT2D eigenvalue weighted by molar-refractivity contribution is 6.00. The highest BCUT2D eigenvalue weighted by Gasteiger charge is 2.37. The molecule has 0 spiro atoms.